The highest BCUT2D eigenvalue weighted by atomic mass is 16.7. The van der Waals surface area contributed by atoms with E-state index in [1.165, 1.54) is 19.3 Å². The molecule has 4 rings (SSSR count). The third-order valence-corrected chi connectivity index (χ3v) is 4.19. The van der Waals surface area contributed by atoms with Gasteiger partial charge in [0.2, 0.25) is 6.79 Å². The highest BCUT2D eigenvalue weighted by Crippen LogP contribution is 2.40. The fourth-order valence-electron chi connectivity index (χ4n) is 2.91. The molecule has 1 aromatic heterocycles. The van der Waals surface area contributed by atoms with Crippen molar-refractivity contribution in [2.24, 2.45) is 0 Å². The average Bonchev–Trinajstić information content (AvgIpc) is 2.95. The number of nitriles is 1. The predicted octanol–water partition coefficient (Wildman–Crippen LogP) is 2.95. The molecule has 1 aliphatic heterocycles. The van der Waals surface area contributed by atoms with Crippen LogP contribution in [-0.4, -0.2) is 16.3 Å². The van der Waals surface area contributed by atoms with Gasteiger partial charge < -0.3 is 14.0 Å². The quantitative estimate of drug-likeness (QED) is 0.859. The first kappa shape index (κ1) is 11.6. The summed E-state index contributed by atoms with van der Waals surface area (Å²) in [6.07, 6.45) is 4.17. The van der Waals surface area contributed by atoms with Crippen molar-refractivity contribution >= 4 is 11.0 Å². The molecule has 1 saturated carbocycles. The lowest BCUT2D eigenvalue weighted by atomic mass is 9.85. The molecule has 1 fully saturated rings. The third kappa shape index (κ3) is 1.64. The highest BCUT2D eigenvalue weighted by molar-refractivity contribution is 5.81. The molecule has 2 heterocycles. The number of hydrogen-bond donors (Lipinski definition) is 0. The lowest BCUT2D eigenvalue weighted by Crippen LogP contribution is -2.15. The van der Waals surface area contributed by atoms with E-state index in [0.29, 0.717) is 18.9 Å². The van der Waals surface area contributed by atoms with E-state index in [2.05, 4.69) is 10.6 Å². The summed E-state index contributed by atoms with van der Waals surface area (Å²) in [7, 11) is 0. The van der Waals surface area contributed by atoms with Crippen LogP contribution in [0.4, 0.5) is 0 Å². The van der Waals surface area contributed by atoms with Gasteiger partial charge in [0.25, 0.3) is 0 Å². The van der Waals surface area contributed by atoms with Crippen LogP contribution in [0.3, 0.4) is 0 Å². The number of imidazole rings is 1. The smallest absolute Gasteiger partial charge is 0.231 e. The standard InChI is InChI=1S/C15H15N3O2/c16-5-2-6-18-12-8-14-13(19-9-20-14)7-11(12)17-15(18)10-3-1-4-10/h7-8,10H,1-4,6,9H2. The van der Waals surface area contributed by atoms with Gasteiger partial charge in [0.15, 0.2) is 11.5 Å². The fraction of sp³-hybridized carbons (Fsp3) is 0.467. The summed E-state index contributed by atoms with van der Waals surface area (Å²) in [6, 6.07) is 6.16. The maximum atomic E-state index is 8.86. The molecule has 0 saturated heterocycles. The first-order valence-corrected chi connectivity index (χ1v) is 7.03. The van der Waals surface area contributed by atoms with E-state index < -0.39 is 0 Å². The van der Waals surface area contributed by atoms with Gasteiger partial charge in [0.1, 0.15) is 5.82 Å². The summed E-state index contributed by atoms with van der Waals surface area (Å²) < 4.78 is 13.0. The van der Waals surface area contributed by atoms with Crippen molar-refractivity contribution in [3.8, 4) is 17.6 Å². The number of aromatic nitrogens is 2. The molecule has 0 spiro atoms. The summed E-state index contributed by atoms with van der Waals surface area (Å²) in [5, 5.41) is 8.86. The second kappa shape index (κ2) is 4.41. The zero-order valence-corrected chi connectivity index (χ0v) is 11.1. The number of fused-ring (bicyclic) bond motifs is 2. The molecule has 0 amide bonds. The molecule has 2 aliphatic rings. The van der Waals surface area contributed by atoms with E-state index in [1.807, 2.05) is 12.1 Å². The third-order valence-electron chi connectivity index (χ3n) is 4.19. The zero-order valence-electron chi connectivity index (χ0n) is 11.1. The summed E-state index contributed by atoms with van der Waals surface area (Å²) in [6.45, 7) is 0.966. The Labute approximate surface area is 116 Å². The Hall–Kier alpha value is -2.22. The Bertz CT molecular complexity index is 710. The van der Waals surface area contributed by atoms with Gasteiger partial charge in [-0.3, -0.25) is 0 Å². The summed E-state index contributed by atoms with van der Waals surface area (Å²) >= 11 is 0. The molecular formula is C15H15N3O2. The van der Waals surface area contributed by atoms with E-state index in [1.54, 1.807) is 0 Å². The van der Waals surface area contributed by atoms with Gasteiger partial charge in [0, 0.05) is 24.6 Å². The van der Waals surface area contributed by atoms with Crippen LogP contribution in [0.5, 0.6) is 11.5 Å². The molecule has 0 bridgehead atoms. The Morgan fingerprint density at radius 2 is 2.10 bits per heavy atom. The van der Waals surface area contributed by atoms with Gasteiger partial charge in [0.05, 0.1) is 23.5 Å². The number of hydrogen-bond acceptors (Lipinski definition) is 4. The molecule has 0 N–H and O–H groups in total. The maximum Gasteiger partial charge on any atom is 0.231 e. The topological polar surface area (TPSA) is 60.1 Å². The van der Waals surface area contributed by atoms with Crippen molar-refractivity contribution in [3.05, 3.63) is 18.0 Å². The monoisotopic (exact) mass is 269 g/mol. The van der Waals surface area contributed by atoms with E-state index >= 15 is 0 Å². The van der Waals surface area contributed by atoms with Crippen LogP contribution in [0.25, 0.3) is 11.0 Å². The van der Waals surface area contributed by atoms with Crippen molar-refractivity contribution < 1.29 is 9.47 Å². The fourth-order valence-corrected chi connectivity index (χ4v) is 2.91. The van der Waals surface area contributed by atoms with Gasteiger partial charge in [-0.25, -0.2) is 4.98 Å². The maximum absolute atomic E-state index is 8.86. The van der Waals surface area contributed by atoms with Crippen LogP contribution in [0.15, 0.2) is 12.1 Å². The molecule has 0 atom stereocenters. The molecule has 1 aromatic carbocycles. The summed E-state index contributed by atoms with van der Waals surface area (Å²) in [5.74, 6) is 3.20. The molecular weight excluding hydrogens is 254 g/mol. The van der Waals surface area contributed by atoms with Crippen LogP contribution in [-0.2, 0) is 6.54 Å². The summed E-state index contributed by atoms with van der Waals surface area (Å²) in [4.78, 5) is 4.78. The van der Waals surface area contributed by atoms with Crippen molar-refractivity contribution in [1.82, 2.24) is 9.55 Å². The van der Waals surface area contributed by atoms with Crippen LogP contribution in [0.2, 0.25) is 0 Å². The van der Waals surface area contributed by atoms with Crippen molar-refractivity contribution in [2.45, 2.75) is 38.1 Å². The van der Waals surface area contributed by atoms with E-state index in [4.69, 9.17) is 19.7 Å². The Morgan fingerprint density at radius 3 is 2.80 bits per heavy atom. The van der Waals surface area contributed by atoms with Crippen LogP contribution < -0.4 is 9.47 Å². The van der Waals surface area contributed by atoms with Gasteiger partial charge in [-0.15, -0.1) is 0 Å². The van der Waals surface area contributed by atoms with Crippen molar-refractivity contribution in [2.75, 3.05) is 6.79 Å². The molecule has 0 radical (unpaired) electrons. The van der Waals surface area contributed by atoms with Gasteiger partial charge in [-0.05, 0) is 12.8 Å². The van der Waals surface area contributed by atoms with Gasteiger partial charge in [-0.1, -0.05) is 6.42 Å². The first-order valence-electron chi connectivity index (χ1n) is 7.03. The normalized spacial score (nSPS) is 17.1. The van der Waals surface area contributed by atoms with Crippen LogP contribution in [0.1, 0.15) is 37.4 Å². The Kier molecular flexibility index (Phi) is 2.56. The molecule has 5 heteroatoms. The number of aryl methyl sites for hydroxylation is 1. The number of ether oxygens (including phenoxy) is 2. The zero-order chi connectivity index (χ0) is 13.5. The molecule has 102 valence electrons. The van der Waals surface area contributed by atoms with E-state index in [9.17, 15) is 0 Å². The first-order chi connectivity index (χ1) is 9.86. The average molecular weight is 269 g/mol. The summed E-state index contributed by atoms with van der Waals surface area (Å²) in [5.41, 5.74) is 1.99. The van der Waals surface area contributed by atoms with E-state index in [0.717, 1.165) is 28.4 Å². The van der Waals surface area contributed by atoms with Gasteiger partial charge in [-0.2, -0.15) is 5.26 Å². The molecule has 2 aromatic rings. The van der Waals surface area contributed by atoms with Crippen molar-refractivity contribution in [3.63, 3.8) is 0 Å². The van der Waals surface area contributed by atoms with E-state index in [-0.39, 0.29) is 6.79 Å². The number of benzene rings is 1. The highest BCUT2D eigenvalue weighted by Gasteiger charge is 2.27. The SMILES string of the molecule is N#CCCn1c(C2CCC2)nc2cc3c(cc21)OCO3. The number of rotatable bonds is 3. The largest absolute Gasteiger partial charge is 0.454 e. The molecule has 5 nitrogen and oxygen atoms in total. The lowest BCUT2D eigenvalue weighted by Gasteiger charge is -2.25. The lowest BCUT2D eigenvalue weighted by molar-refractivity contribution is 0.174. The second-order valence-corrected chi connectivity index (χ2v) is 5.35. The molecule has 0 unspecified atom stereocenters. The Balaban J connectivity index is 1.86. The number of nitrogens with zero attached hydrogens (tertiary/aromatic N) is 3. The minimum Gasteiger partial charge on any atom is -0.454 e. The predicted molar refractivity (Wildman–Crippen MR) is 72.7 cm³/mol. The minimum absolute atomic E-state index is 0.273. The second-order valence-electron chi connectivity index (χ2n) is 5.35. The van der Waals surface area contributed by atoms with Crippen molar-refractivity contribution in [1.29, 1.82) is 5.26 Å². The minimum atomic E-state index is 0.273. The van der Waals surface area contributed by atoms with Crippen LogP contribution in [0, 0.1) is 11.3 Å². The molecule has 20 heavy (non-hydrogen) atoms. The Morgan fingerprint density at radius 1 is 1.30 bits per heavy atom. The van der Waals surface area contributed by atoms with Crippen LogP contribution >= 0.6 is 0 Å². The molecule has 1 aliphatic carbocycles. The van der Waals surface area contributed by atoms with Gasteiger partial charge >= 0.3 is 0 Å².